The molecule has 0 aliphatic carbocycles. The fourth-order valence-electron chi connectivity index (χ4n) is 2.82. The quantitative estimate of drug-likeness (QED) is 0.572. The number of pyridine rings is 1. The van der Waals surface area contributed by atoms with Gasteiger partial charge < -0.3 is 21.3 Å². The molecular weight excluding hydrogens is 362 g/mol. The number of nitrogens with one attached hydrogen (secondary N) is 2. The lowest BCUT2D eigenvalue weighted by molar-refractivity contribution is -0.115. The first-order valence-electron chi connectivity index (χ1n) is 8.95. The lowest BCUT2D eigenvalue weighted by Gasteiger charge is -2.17. The van der Waals surface area contributed by atoms with Crippen LogP contribution in [-0.2, 0) is 11.2 Å². The molecule has 0 saturated heterocycles. The van der Waals surface area contributed by atoms with Crippen molar-refractivity contribution in [1.29, 1.82) is 0 Å². The zero-order chi connectivity index (χ0) is 18.9. The van der Waals surface area contributed by atoms with Gasteiger partial charge in [-0.3, -0.25) is 4.79 Å². The van der Waals surface area contributed by atoms with Gasteiger partial charge in [0.25, 0.3) is 0 Å². The molecule has 6 nitrogen and oxygen atoms in total. The minimum atomic E-state index is -0.0348. The van der Waals surface area contributed by atoms with Gasteiger partial charge in [0.2, 0.25) is 5.91 Å². The number of amides is 1. The van der Waals surface area contributed by atoms with E-state index in [4.69, 9.17) is 5.73 Å². The van der Waals surface area contributed by atoms with Crippen molar-refractivity contribution in [2.24, 2.45) is 0 Å². The van der Waals surface area contributed by atoms with Gasteiger partial charge in [0.05, 0.1) is 17.9 Å². The van der Waals surface area contributed by atoms with E-state index in [2.05, 4.69) is 21.7 Å². The summed E-state index contributed by atoms with van der Waals surface area (Å²) >= 11 is 0. The van der Waals surface area contributed by atoms with Crippen molar-refractivity contribution in [2.45, 2.75) is 26.2 Å². The minimum Gasteiger partial charge on any atom is -0.384 e. The Morgan fingerprint density at radius 1 is 1.19 bits per heavy atom. The van der Waals surface area contributed by atoms with Gasteiger partial charge in [-0.1, -0.05) is 12.1 Å². The molecule has 2 rings (SSSR count). The molecule has 0 aliphatic heterocycles. The predicted molar refractivity (Wildman–Crippen MR) is 116 cm³/mol. The highest BCUT2D eigenvalue weighted by Gasteiger charge is 2.07. The van der Waals surface area contributed by atoms with Gasteiger partial charge in [-0.05, 0) is 62.6 Å². The van der Waals surface area contributed by atoms with Crippen molar-refractivity contribution in [3.05, 3.63) is 47.7 Å². The average Bonchev–Trinajstić information content (AvgIpc) is 2.57. The van der Waals surface area contributed by atoms with Crippen LogP contribution in [0.3, 0.4) is 0 Å². The Morgan fingerprint density at radius 2 is 1.93 bits per heavy atom. The molecule has 1 aromatic heterocycles. The fourth-order valence-corrected chi connectivity index (χ4v) is 2.82. The van der Waals surface area contributed by atoms with E-state index < -0.39 is 0 Å². The summed E-state index contributed by atoms with van der Waals surface area (Å²) in [6, 6.07) is 11.7. The molecule has 1 aromatic carbocycles. The van der Waals surface area contributed by atoms with E-state index in [1.807, 2.05) is 56.3 Å². The van der Waals surface area contributed by atoms with E-state index >= 15 is 0 Å². The number of nitrogens with zero attached hydrogens (tertiary/aromatic N) is 2. The smallest absolute Gasteiger partial charge is 0.238 e. The van der Waals surface area contributed by atoms with Crippen molar-refractivity contribution in [1.82, 2.24) is 10.3 Å². The van der Waals surface area contributed by atoms with Crippen LogP contribution in [0.1, 0.15) is 24.1 Å². The third-order valence-electron chi connectivity index (χ3n) is 4.02. The summed E-state index contributed by atoms with van der Waals surface area (Å²) in [5.41, 5.74) is 9.75. The molecule has 1 heterocycles. The number of para-hydroxylation sites is 2. The normalized spacial score (nSPS) is 10.2. The number of hydrogen-bond donors (Lipinski definition) is 3. The zero-order valence-electron chi connectivity index (χ0n) is 16.3. The highest BCUT2D eigenvalue weighted by atomic mass is 35.5. The Bertz CT molecular complexity index is 716. The first-order chi connectivity index (χ1) is 12.5. The fraction of sp³-hybridized carbons (Fsp3) is 0.400. The Kier molecular flexibility index (Phi) is 9.61. The maximum Gasteiger partial charge on any atom is 0.238 e. The van der Waals surface area contributed by atoms with Crippen LogP contribution in [0.2, 0.25) is 0 Å². The summed E-state index contributed by atoms with van der Waals surface area (Å²) < 4.78 is 0. The molecule has 7 heteroatoms. The van der Waals surface area contributed by atoms with Gasteiger partial charge in [-0.25, -0.2) is 4.98 Å². The highest BCUT2D eigenvalue weighted by Crippen LogP contribution is 2.23. The van der Waals surface area contributed by atoms with E-state index in [0.29, 0.717) is 12.4 Å². The highest BCUT2D eigenvalue weighted by molar-refractivity contribution is 5.95. The van der Waals surface area contributed by atoms with Crippen molar-refractivity contribution in [2.75, 3.05) is 43.1 Å². The standard InChI is InChI=1S/C20H29N5O.ClH/c1-15-12-16(23-19(21)13-15)8-6-7-11-22-14-20(26)24-17-9-4-5-10-18(17)25(2)3;/h4-5,9-10,12-13,22H,6-8,11,14H2,1-3H3,(H2,21,23)(H,24,26);1H. The number of benzene rings is 1. The molecule has 0 atom stereocenters. The number of unbranched alkanes of at least 4 members (excludes halogenated alkanes) is 1. The van der Waals surface area contributed by atoms with Crippen molar-refractivity contribution < 1.29 is 4.79 Å². The van der Waals surface area contributed by atoms with Crippen LogP contribution in [0, 0.1) is 6.92 Å². The maximum absolute atomic E-state index is 12.1. The maximum atomic E-state index is 12.1. The van der Waals surface area contributed by atoms with Gasteiger partial charge in [0.1, 0.15) is 5.82 Å². The van der Waals surface area contributed by atoms with Crippen LogP contribution in [0.25, 0.3) is 0 Å². The van der Waals surface area contributed by atoms with Gasteiger partial charge in [-0.2, -0.15) is 0 Å². The number of hydrogen-bond acceptors (Lipinski definition) is 5. The third kappa shape index (κ3) is 7.85. The molecule has 1 amide bonds. The van der Waals surface area contributed by atoms with Gasteiger partial charge in [0, 0.05) is 19.8 Å². The number of halogens is 1. The molecule has 0 unspecified atom stereocenters. The topological polar surface area (TPSA) is 83.3 Å². The number of aryl methyl sites for hydroxylation is 2. The lowest BCUT2D eigenvalue weighted by atomic mass is 10.1. The first kappa shape index (κ1) is 22.7. The van der Waals surface area contributed by atoms with Crippen LogP contribution in [0.15, 0.2) is 36.4 Å². The monoisotopic (exact) mass is 391 g/mol. The van der Waals surface area contributed by atoms with Crippen LogP contribution in [0.4, 0.5) is 17.2 Å². The average molecular weight is 392 g/mol. The van der Waals surface area contributed by atoms with E-state index in [0.717, 1.165) is 48.4 Å². The number of nitrogens with two attached hydrogens (primary N) is 1. The summed E-state index contributed by atoms with van der Waals surface area (Å²) in [4.78, 5) is 18.4. The van der Waals surface area contributed by atoms with Crippen LogP contribution in [0.5, 0.6) is 0 Å². The molecule has 0 aliphatic rings. The summed E-state index contributed by atoms with van der Waals surface area (Å²) in [6.45, 7) is 3.12. The largest absolute Gasteiger partial charge is 0.384 e. The van der Waals surface area contributed by atoms with Crippen LogP contribution in [-0.4, -0.2) is 38.1 Å². The zero-order valence-corrected chi connectivity index (χ0v) is 17.1. The summed E-state index contributed by atoms with van der Waals surface area (Å²) in [6.07, 6.45) is 2.89. The van der Waals surface area contributed by atoms with Crippen LogP contribution >= 0.6 is 12.4 Å². The summed E-state index contributed by atoms with van der Waals surface area (Å²) in [7, 11) is 3.92. The summed E-state index contributed by atoms with van der Waals surface area (Å²) in [5.74, 6) is 0.542. The second-order valence-corrected chi connectivity index (χ2v) is 6.65. The van der Waals surface area contributed by atoms with Crippen LogP contribution < -0.4 is 21.3 Å². The van der Waals surface area contributed by atoms with E-state index in [1.54, 1.807) is 0 Å². The Balaban J connectivity index is 0.00000364. The summed E-state index contributed by atoms with van der Waals surface area (Å²) in [5, 5.41) is 6.15. The second-order valence-electron chi connectivity index (χ2n) is 6.65. The molecule has 0 spiro atoms. The molecule has 0 radical (unpaired) electrons. The SMILES string of the molecule is Cc1cc(N)nc(CCCCNCC(=O)Nc2ccccc2N(C)C)c1.Cl. The molecule has 0 saturated carbocycles. The number of carbonyl (C=O) groups excluding carboxylic acids is 1. The number of anilines is 3. The molecule has 0 fully saturated rings. The van der Waals surface area contributed by atoms with Gasteiger partial charge in [0.15, 0.2) is 0 Å². The molecule has 148 valence electrons. The van der Waals surface area contributed by atoms with Gasteiger partial charge >= 0.3 is 0 Å². The van der Waals surface area contributed by atoms with Gasteiger partial charge in [-0.15, -0.1) is 12.4 Å². The second kappa shape index (κ2) is 11.4. The molecule has 2 aromatic rings. The van der Waals surface area contributed by atoms with Crippen molar-refractivity contribution >= 4 is 35.5 Å². The van der Waals surface area contributed by atoms with E-state index in [9.17, 15) is 4.79 Å². The third-order valence-corrected chi connectivity index (χ3v) is 4.02. The predicted octanol–water partition coefficient (Wildman–Crippen LogP) is 3.01. The minimum absolute atomic E-state index is 0. The number of rotatable bonds is 9. The van der Waals surface area contributed by atoms with Crippen molar-refractivity contribution in [3.8, 4) is 0 Å². The Hall–Kier alpha value is -2.31. The van der Waals surface area contributed by atoms with E-state index in [1.165, 1.54) is 0 Å². The number of carbonyl (C=O) groups is 1. The van der Waals surface area contributed by atoms with Crippen molar-refractivity contribution in [3.63, 3.8) is 0 Å². The number of nitrogen functional groups attached to an aromatic ring is 1. The Morgan fingerprint density at radius 3 is 2.63 bits per heavy atom. The molecule has 4 N–H and O–H groups in total. The molecular formula is C20H30ClN5O. The lowest BCUT2D eigenvalue weighted by Crippen LogP contribution is -2.29. The molecule has 27 heavy (non-hydrogen) atoms. The Labute approximate surface area is 168 Å². The van der Waals surface area contributed by atoms with E-state index in [-0.39, 0.29) is 18.3 Å². The molecule has 0 bridgehead atoms. The first-order valence-corrected chi connectivity index (χ1v) is 8.95. The number of aromatic nitrogens is 1.